The van der Waals surface area contributed by atoms with Gasteiger partial charge in [-0.15, -0.1) is 6.58 Å². The summed E-state index contributed by atoms with van der Waals surface area (Å²) in [6, 6.07) is 14.3. The molecule has 0 aliphatic carbocycles. The highest BCUT2D eigenvalue weighted by atomic mass is 127. The van der Waals surface area contributed by atoms with Gasteiger partial charge in [-0.1, -0.05) is 35.9 Å². The number of sulfonamides is 1. The first-order chi connectivity index (χ1) is 9.96. The van der Waals surface area contributed by atoms with Gasteiger partial charge in [0.1, 0.15) is 0 Å². The Hall–Kier alpha value is -1.34. The molecule has 3 nitrogen and oxygen atoms in total. The fraction of sp³-hybridized carbons (Fsp3) is 0.125. The Labute approximate surface area is 139 Å². The Bertz CT molecular complexity index is 739. The molecule has 2 rings (SSSR count). The van der Waals surface area contributed by atoms with Gasteiger partial charge >= 0.3 is 0 Å². The Morgan fingerprint density at radius 1 is 1.14 bits per heavy atom. The molecule has 0 saturated heterocycles. The van der Waals surface area contributed by atoms with Crippen LogP contribution in [0.5, 0.6) is 0 Å². The Morgan fingerprint density at radius 2 is 1.76 bits per heavy atom. The first-order valence-corrected chi connectivity index (χ1v) is 8.93. The summed E-state index contributed by atoms with van der Waals surface area (Å²) >= 11 is 2.14. The third-order valence-corrected chi connectivity index (χ3v) is 5.73. The quantitative estimate of drug-likeness (QED) is 0.550. The fourth-order valence-corrected chi connectivity index (χ4v) is 4.23. The summed E-state index contributed by atoms with van der Waals surface area (Å²) in [7, 11) is -3.60. The van der Waals surface area contributed by atoms with E-state index in [1.807, 2.05) is 25.1 Å². The van der Waals surface area contributed by atoms with E-state index >= 15 is 0 Å². The predicted molar refractivity (Wildman–Crippen MR) is 95.1 cm³/mol. The van der Waals surface area contributed by atoms with Crippen molar-refractivity contribution in [3.63, 3.8) is 0 Å². The number of rotatable bonds is 5. The van der Waals surface area contributed by atoms with Crippen LogP contribution in [0.25, 0.3) is 0 Å². The number of hydrogen-bond donors (Lipinski definition) is 0. The zero-order chi connectivity index (χ0) is 15.5. The summed E-state index contributed by atoms with van der Waals surface area (Å²) in [5.74, 6) is 0. The number of hydrogen-bond acceptors (Lipinski definition) is 2. The molecule has 0 radical (unpaired) electrons. The second-order valence-electron chi connectivity index (χ2n) is 4.59. The van der Waals surface area contributed by atoms with Crippen LogP contribution in [0.1, 0.15) is 5.56 Å². The number of para-hydroxylation sites is 1. The van der Waals surface area contributed by atoms with E-state index in [-0.39, 0.29) is 11.4 Å². The fourth-order valence-electron chi connectivity index (χ4n) is 1.93. The number of benzene rings is 2. The Balaban J connectivity index is 2.54. The maximum atomic E-state index is 12.9. The van der Waals surface area contributed by atoms with Gasteiger partial charge in [0.25, 0.3) is 10.0 Å². The van der Waals surface area contributed by atoms with Crippen LogP contribution >= 0.6 is 22.6 Å². The average molecular weight is 413 g/mol. The molecule has 0 unspecified atom stereocenters. The van der Waals surface area contributed by atoms with E-state index < -0.39 is 10.0 Å². The topological polar surface area (TPSA) is 37.4 Å². The minimum absolute atomic E-state index is 0.232. The van der Waals surface area contributed by atoms with Gasteiger partial charge in [0, 0.05) is 3.57 Å². The van der Waals surface area contributed by atoms with Crippen LogP contribution in [0.2, 0.25) is 0 Å². The molecule has 5 heteroatoms. The van der Waals surface area contributed by atoms with Gasteiger partial charge in [-0.25, -0.2) is 8.42 Å². The van der Waals surface area contributed by atoms with Crippen LogP contribution in [-0.4, -0.2) is 15.0 Å². The predicted octanol–water partition coefficient (Wildman–Crippen LogP) is 3.98. The van der Waals surface area contributed by atoms with Crippen LogP contribution in [0.15, 0.2) is 66.1 Å². The summed E-state index contributed by atoms with van der Waals surface area (Å²) in [4.78, 5) is 0.287. The molecular weight excluding hydrogens is 397 g/mol. The average Bonchev–Trinajstić information content (AvgIpc) is 2.46. The van der Waals surface area contributed by atoms with E-state index in [1.165, 1.54) is 4.31 Å². The molecular formula is C16H16INO2S. The Kier molecular flexibility index (Phi) is 5.05. The van der Waals surface area contributed by atoms with Crippen molar-refractivity contribution in [2.75, 3.05) is 10.8 Å². The molecule has 0 fully saturated rings. The molecule has 0 heterocycles. The van der Waals surface area contributed by atoms with E-state index in [0.717, 1.165) is 9.13 Å². The monoisotopic (exact) mass is 413 g/mol. The van der Waals surface area contributed by atoms with E-state index in [1.54, 1.807) is 36.4 Å². The first-order valence-electron chi connectivity index (χ1n) is 6.41. The van der Waals surface area contributed by atoms with Crippen LogP contribution in [-0.2, 0) is 10.0 Å². The first kappa shape index (κ1) is 16.0. The summed E-state index contributed by atoms with van der Waals surface area (Å²) in [5, 5.41) is 0. The number of nitrogens with zero attached hydrogens (tertiary/aromatic N) is 1. The molecule has 21 heavy (non-hydrogen) atoms. The molecule has 2 aromatic carbocycles. The highest BCUT2D eigenvalue weighted by Crippen LogP contribution is 2.28. The van der Waals surface area contributed by atoms with Crippen molar-refractivity contribution in [3.05, 3.63) is 70.3 Å². The lowest BCUT2D eigenvalue weighted by molar-refractivity contribution is 0.593. The van der Waals surface area contributed by atoms with Gasteiger partial charge in [-0.05, 0) is 53.8 Å². The highest BCUT2D eigenvalue weighted by Gasteiger charge is 2.25. The van der Waals surface area contributed by atoms with Gasteiger partial charge < -0.3 is 0 Å². The zero-order valence-electron chi connectivity index (χ0n) is 11.7. The molecule has 0 atom stereocenters. The summed E-state index contributed by atoms with van der Waals surface area (Å²) in [6.07, 6.45) is 1.59. The largest absolute Gasteiger partial charge is 0.264 e. The van der Waals surface area contributed by atoms with Crippen LogP contribution < -0.4 is 4.31 Å². The van der Waals surface area contributed by atoms with E-state index in [0.29, 0.717) is 5.69 Å². The lowest BCUT2D eigenvalue weighted by atomic mass is 10.2. The summed E-state index contributed by atoms with van der Waals surface area (Å²) in [5.41, 5.74) is 1.69. The van der Waals surface area contributed by atoms with Crippen LogP contribution in [0.4, 0.5) is 5.69 Å². The number of halogens is 1. The van der Waals surface area contributed by atoms with Gasteiger partial charge in [-0.3, -0.25) is 4.31 Å². The maximum Gasteiger partial charge on any atom is 0.264 e. The lowest BCUT2D eigenvalue weighted by Gasteiger charge is -2.24. The third kappa shape index (κ3) is 3.47. The van der Waals surface area contributed by atoms with Gasteiger partial charge in [-0.2, -0.15) is 0 Å². The SMILES string of the molecule is C=CCN(c1ccccc1I)S(=O)(=O)c1ccc(C)cc1. The minimum atomic E-state index is -3.60. The van der Waals surface area contributed by atoms with Crippen molar-refractivity contribution in [2.45, 2.75) is 11.8 Å². The van der Waals surface area contributed by atoms with E-state index in [9.17, 15) is 8.42 Å². The molecule has 2 aromatic rings. The van der Waals surface area contributed by atoms with Crippen molar-refractivity contribution in [1.29, 1.82) is 0 Å². The lowest BCUT2D eigenvalue weighted by Crippen LogP contribution is -2.31. The molecule has 0 amide bonds. The van der Waals surface area contributed by atoms with Crippen LogP contribution in [0.3, 0.4) is 0 Å². The number of anilines is 1. The van der Waals surface area contributed by atoms with Gasteiger partial charge in [0.15, 0.2) is 0 Å². The standard InChI is InChI=1S/C16H16INO2S/c1-3-12-18(16-7-5-4-6-15(16)17)21(19,20)14-10-8-13(2)9-11-14/h3-11H,1,12H2,2H3. The van der Waals surface area contributed by atoms with E-state index in [2.05, 4.69) is 29.2 Å². The second-order valence-corrected chi connectivity index (χ2v) is 7.61. The molecule has 0 spiro atoms. The molecule has 0 saturated carbocycles. The van der Waals surface area contributed by atoms with Gasteiger partial charge in [0.05, 0.1) is 17.1 Å². The zero-order valence-corrected chi connectivity index (χ0v) is 14.6. The Morgan fingerprint density at radius 3 is 2.33 bits per heavy atom. The van der Waals surface area contributed by atoms with Gasteiger partial charge in [0.2, 0.25) is 0 Å². The minimum Gasteiger partial charge on any atom is -0.261 e. The van der Waals surface area contributed by atoms with Crippen molar-refractivity contribution in [2.24, 2.45) is 0 Å². The third-order valence-electron chi connectivity index (χ3n) is 3.03. The van der Waals surface area contributed by atoms with Crippen molar-refractivity contribution >= 4 is 38.3 Å². The normalized spacial score (nSPS) is 11.1. The molecule has 0 aliphatic heterocycles. The molecule has 0 aliphatic rings. The molecule has 110 valence electrons. The highest BCUT2D eigenvalue weighted by molar-refractivity contribution is 14.1. The number of aryl methyl sites for hydroxylation is 1. The van der Waals surface area contributed by atoms with Crippen molar-refractivity contribution < 1.29 is 8.42 Å². The summed E-state index contributed by atoms with van der Waals surface area (Å²) in [6.45, 7) is 5.83. The smallest absolute Gasteiger partial charge is 0.261 e. The van der Waals surface area contributed by atoms with Crippen molar-refractivity contribution in [3.8, 4) is 0 Å². The van der Waals surface area contributed by atoms with E-state index in [4.69, 9.17) is 0 Å². The maximum absolute atomic E-state index is 12.9. The van der Waals surface area contributed by atoms with Crippen molar-refractivity contribution in [1.82, 2.24) is 0 Å². The molecule has 0 aromatic heterocycles. The molecule has 0 N–H and O–H groups in total. The summed E-state index contributed by atoms with van der Waals surface area (Å²) < 4.78 is 28.0. The molecule has 0 bridgehead atoms. The second kappa shape index (κ2) is 6.62. The van der Waals surface area contributed by atoms with Crippen LogP contribution in [0, 0.1) is 10.5 Å².